The van der Waals surface area contributed by atoms with E-state index in [0.29, 0.717) is 18.0 Å². The standard InChI is InChI=1S/C11H13NO4/c1-6(2)3-7-4-8(10(13)14)9(5-12-7)11(15)16/h4-6H,3H2,1-2H3,(H,13,14)(H,15,16). The first-order chi connectivity index (χ1) is 7.41. The second kappa shape index (κ2) is 4.74. The van der Waals surface area contributed by atoms with Gasteiger partial charge in [0, 0.05) is 11.9 Å². The third kappa shape index (κ3) is 2.79. The molecule has 0 saturated carbocycles. The smallest absolute Gasteiger partial charge is 0.338 e. The molecule has 1 heterocycles. The number of hydrogen-bond donors (Lipinski definition) is 2. The largest absolute Gasteiger partial charge is 0.478 e. The molecule has 0 spiro atoms. The van der Waals surface area contributed by atoms with Crippen LogP contribution < -0.4 is 0 Å². The molecule has 0 unspecified atom stereocenters. The van der Waals surface area contributed by atoms with Gasteiger partial charge in [-0.3, -0.25) is 4.98 Å². The van der Waals surface area contributed by atoms with Crippen LogP contribution in [0, 0.1) is 5.92 Å². The molecule has 0 fully saturated rings. The lowest BCUT2D eigenvalue weighted by Crippen LogP contribution is -2.10. The minimum absolute atomic E-state index is 0.210. The van der Waals surface area contributed by atoms with Crippen molar-refractivity contribution in [2.24, 2.45) is 5.92 Å². The highest BCUT2D eigenvalue weighted by Crippen LogP contribution is 2.12. The third-order valence-corrected chi connectivity index (χ3v) is 2.04. The number of hydrogen-bond acceptors (Lipinski definition) is 3. The van der Waals surface area contributed by atoms with Gasteiger partial charge >= 0.3 is 11.9 Å². The molecule has 0 saturated heterocycles. The van der Waals surface area contributed by atoms with Crippen LogP contribution >= 0.6 is 0 Å². The van der Waals surface area contributed by atoms with Crippen molar-refractivity contribution in [2.45, 2.75) is 20.3 Å². The average Bonchev–Trinajstić information content (AvgIpc) is 2.16. The van der Waals surface area contributed by atoms with E-state index >= 15 is 0 Å². The molecule has 0 bridgehead atoms. The lowest BCUT2D eigenvalue weighted by Gasteiger charge is -2.06. The number of carboxylic acid groups (broad SMARTS) is 2. The van der Waals surface area contributed by atoms with Crippen LogP contribution in [0.25, 0.3) is 0 Å². The van der Waals surface area contributed by atoms with Crippen molar-refractivity contribution in [3.63, 3.8) is 0 Å². The molecular weight excluding hydrogens is 210 g/mol. The van der Waals surface area contributed by atoms with E-state index in [1.807, 2.05) is 13.8 Å². The minimum atomic E-state index is -1.28. The van der Waals surface area contributed by atoms with Crippen molar-refractivity contribution < 1.29 is 19.8 Å². The Hall–Kier alpha value is -1.91. The van der Waals surface area contributed by atoms with Gasteiger partial charge in [-0.2, -0.15) is 0 Å². The average molecular weight is 223 g/mol. The van der Waals surface area contributed by atoms with Gasteiger partial charge in [0.25, 0.3) is 0 Å². The zero-order valence-electron chi connectivity index (χ0n) is 9.10. The van der Waals surface area contributed by atoms with Crippen LogP contribution in [0.15, 0.2) is 12.3 Å². The van der Waals surface area contributed by atoms with E-state index < -0.39 is 11.9 Å². The number of aromatic carboxylic acids is 2. The van der Waals surface area contributed by atoms with E-state index in [2.05, 4.69) is 4.98 Å². The summed E-state index contributed by atoms with van der Waals surface area (Å²) in [6.07, 6.45) is 1.73. The molecule has 1 rings (SSSR count). The Labute approximate surface area is 92.8 Å². The van der Waals surface area contributed by atoms with E-state index in [4.69, 9.17) is 10.2 Å². The number of pyridine rings is 1. The monoisotopic (exact) mass is 223 g/mol. The summed E-state index contributed by atoms with van der Waals surface area (Å²) in [6, 6.07) is 1.33. The number of carboxylic acids is 2. The molecule has 0 aliphatic rings. The molecule has 0 atom stereocenters. The first kappa shape index (κ1) is 12.2. The maximum atomic E-state index is 10.9. The van der Waals surface area contributed by atoms with E-state index in [-0.39, 0.29) is 11.1 Å². The van der Waals surface area contributed by atoms with Crippen LogP contribution in [-0.2, 0) is 6.42 Å². The van der Waals surface area contributed by atoms with Crippen LogP contribution in [0.4, 0.5) is 0 Å². The van der Waals surface area contributed by atoms with Crippen LogP contribution in [0.2, 0.25) is 0 Å². The molecule has 2 N–H and O–H groups in total. The summed E-state index contributed by atoms with van der Waals surface area (Å²) >= 11 is 0. The fourth-order valence-electron chi connectivity index (χ4n) is 1.38. The van der Waals surface area contributed by atoms with Crippen molar-refractivity contribution >= 4 is 11.9 Å². The van der Waals surface area contributed by atoms with Gasteiger partial charge in [0.2, 0.25) is 0 Å². The Morgan fingerprint density at radius 3 is 2.25 bits per heavy atom. The summed E-state index contributed by atoms with van der Waals surface area (Å²) in [7, 11) is 0. The van der Waals surface area contributed by atoms with Gasteiger partial charge in [0.05, 0.1) is 11.1 Å². The van der Waals surface area contributed by atoms with Gasteiger partial charge < -0.3 is 10.2 Å². The molecule has 0 aliphatic heterocycles. The Morgan fingerprint density at radius 2 is 1.81 bits per heavy atom. The predicted octanol–water partition coefficient (Wildman–Crippen LogP) is 1.68. The Bertz CT molecular complexity index is 426. The fraction of sp³-hybridized carbons (Fsp3) is 0.364. The minimum Gasteiger partial charge on any atom is -0.478 e. The maximum Gasteiger partial charge on any atom is 0.338 e. The van der Waals surface area contributed by atoms with Crippen molar-refractivity contribution in [3.05, 3.63) is 29.1 Å². The molecule has 0 aromatic carbocycles. The zero-order valence-corrected chi connectivity index (χ0v) is 9.10. The maximum absolute atomic E-state index is 10.9. The van der Waals surface area contributed by atoms with Gasteiger partial charge in [-0.25, -0.2) is 9.59 Å². The van der Waals surface area contributed by atoms with Crippen LogP contribution in [-0.4, -0.2) is 27.1 Å². The first-order valence-corrected chi connectivity index (χ1v) is 4.87. The first-order valence-electron chi connectivity index (χ1n) is 4.87. The Balaban J connectivity index is 3.17. The molecule has 16 heavy (non-hydrogen) atoms. The molecule has 86 valence electrons. The summed E-state index contributed by atoms with van der Waals surface area (Å²) in [5.41, 5.74) is 0.107. The van der Waals surface area contributed by atoms with Gasteiger partial charge in [0.1, 0.15) is 0 Å². The zero-order chi connectivity index (χ0) is 12.3. The Morgan fingerprint density at radius 1 is 1.25 bits per heavy atom. The summed E-state index contributed by atoms with van der Waals surface area (Å²) in [4.78, 5) is 25.6. The second-order valence-corrected chi connectivity index (χ2v) is 3.93. The Kier molecular flexibility index (Phi) is 3.60. The number of aromatic nitrogens is 1. The topological polar surface area (TPSA) is 87.5 Å². The van der Waals surface area contributed by atoms with E-state index in [1.165, 1.54) is 6.07 Å². The molecule has 1 aromatic rings. The van der Waals surface area contributed by atoms with Crippen molar-refractivity contribution in [1.82, 2.24) is 4.98 Å². The SMILES string of the molecule is CC(C)Cc1cc(C(=O)O)c(C(=O)O)cn1. The number of carbonyl (C=O) groups is 2. The van der Waals surface area contributed by atoms with Gasteiger partial charge in [0.15, 0.2) is 0 Å². The highest BCUT2D eigenvalue weighted by molar-refractivity contribution is 6.01. The van der Waals surface area contributed by atoms with Gasteiger partial charge in [-0.15, -0.1) is 0 Å². The van der Waals surface area contributed by atoms with E-state index in [9.17, 15) is 9.59 Å². The number of nitrogens with zero attached hydrogens (tertiary/aromatic N) is 1. The van der Waals surface area contributed by atoms with E-state index in [0.717, 1.165) is 6.20 Å². The lowest BCUT2D eigenvalue weighted by atomic mass is 10.0. The van der Waals surface area contributed by atoms with Gasteiger partial charge in [-0.1, -0.05) is 13.8 Å². The second-order valence-electron chi connectivity index (χ2n) is 3.93. The molecule has 0 aliphatic carbocycles. The summed E-state index contributed by atoms with van der Waals surface area (Å²) < 4.78 is 0. The van der Waals surface area contributed by atoms with E-state index in [1.54, 1.807) is 0 Å². The molecule has 1 aromatic heterocycles. The molecule has 0 amide bonds. The summed E-state index contributed by atoms with van der Waals surface area (Å²) in [5.74, 6) is -2.18. The van der Waals surface area contributed by atoms with Gasteiger partial charge in [-0.05, 0) is 18.4 Å². The molecule has 5 nitrogen and oxygen atoms in total. The van der Waals surface area contributed by atoms with Crippen LogP contribution in [0.3, 0.4) is 0 Å². The molecule has 0 radical (unpaired) electrons. The highest BCUT2D eigenvalue weighted by atomic mass is 16.4. The molecular formula is C11H13NO4. The van der Waals surface area contributed by atoms with Crippen LogP contribution in [0.5, 0.6) is 0 Å². The van der Waals surface area contributed by atoms with Crippen molar-refractivity contribution in [2.75, 3.05) is 0 Å². The molecule has 5 heteroatoms. The summed E-state index contributed by atoms with van der Waals surface area (Å²) in [6.45, 7) is 3.96. The highest BCUT2D eigenvalue weighted by Gasteiger charge is 2.17. The number of rotatable bonds is 4. The van der Waals surface area contributed by atoms with Crippen LogP contribution in [0.1, 0.15) is 40.3 Å². The lowest BCUT2D eigenvalue weighted by molar-refractivity contribution is 0.0651. The summed E-state index contributed by atoms with van der Waals surface area (Å²) in [5, 5.41) is 17.7. The fourth-order valence-corrected chi connectivity index (χ4v) is 1.38. The normalized spacial score (nSPS) is 10.4. The van der Waals surface area contributed by atoms with Crippen molar-refractivity contribution in [3.8, 4) is 0 Å². The quantitative estimate of drug-likeness (QED) is 0.810. The van der Waals surface area contributed by atoms with Crippen molar-refractivity contribution in [1.29, 1.82) is 0 Å². The predicted molar refractivity (Wildman–Crippen MR) is 56.7 cm³/mol. The third-order valence-electron chi connectivity index (χ3n) is 2.04.